The Morgan fingerprint density at radius 1 is 1.23 bits per heavy atom. The molecule has 1 aromatic heterocycles. The molecule has 0 aliphatic rings. The fourth-order valence-corrected chi connectivity index (χ4v) is 2.52. The second kappa shape index (κ2) is 6.51. The van der Waals surface area contributed by atoms with Crippen LogP contribution in [0.15, 0.2) is 29.2 Å². The summed E-state index contributed by atoms with van der Waals surface area (Å²) in [6.07, 6.45) is 1.41. The number of nitrogens with zero attached hydrogens (tertiary/aromatic N) is 1. The number of halogens is 4. The Kier molecular flexibility index (Phi) is 4.89. The molecular formula is C14H9F3INO3. The predicted molar refractivity (Wildman–Crippen MR) is 80.2 cm³/mol. The molecule has 4 nitrogen and oxygen atoms in total. The highest BCUT2D eigenvalue weighted by Crippen LogP contribution is 2.15. The molecule has 2 aromatic rings. The zero-order valence-corrected chi connectivity index (χ0v) is 13.4. The van der Waals surface area contributed by atoms with E-state index in [2.05, 4.69) is 4.74 Å². The van der Waals surface area contributed by atoms with Crippen LogP contribution in [0.3, 0.4) is 0 Å². The van der Waals surface area contributed by atoms with Gasteiger partial charge in [-0.2, -0.15) is 0 Å². The fraction of sp³-hybridized carbons (Fsp3) is 0.143. The number of carbonyl (C=O) groups is 1. The molecule has 0 N–H and O–H groups in total. The second-order valence-electron chi connectivity index (χ2n) is 4.37. The van der Waals surface area contributed by atoms with Crippen molar-refractivity contribution in [3.8, 4) is 0 Å². The Hall–Kier alpha value is -1.84. The summed E-state index contributed by atoms with van der Waals surface area (Å²) in [5.74, 6) is -5.08. The van der Waals surface area contributed by atoms with Crippen LogP contribution in [-0.4, -0.2) is 17.6 Å². The molecule has 8 heteroatoms. The first-order chi connectivity index (χ1) is 10.3. The molecule has 2 rings (SSSR count). The molecule has 0 saturated heterocycles. The van der Waals surface area contributed by atoms with Gasteiger partial charge in [-0.3, -0.25) is 4.79 Å². The molecule has 1 heterocycles. The van der Waals surface area contributed by atoms with Gasteiger partial charge in [0.1, 0.15) is 5.56 Å². The number of esters is 1. The maximum atomic E-state index is 13.2. The maximum Gasteiger partial charge on any atom is 0.343 e. The van der Waals surface area contributed by atoms with Gasteiger partial charge in [0.15, 0.2) is 17.5 Å². The molecule has 22 heavy (non-hydrogen) atoms. The van der Waals surface area contributed by atoms with Crippen LogP contribution in [0.5, 0.6) is 0 Å². The van der Waals surface area contributed by atoms with Crippen molar-refractivity contribution in [1.29, 1.82) is 0 Å². The average Bonchev–Trinajstić information content (AvgIpc) is 2.47. The smallest absolute Gasteiger partial charge is 0.343 e. The normalized spacial score (nSPS) is 10.6. The van der Waals surface area contributed by atoms with Crippen molar-refractivity contribution in [3.05, 3.63) is 66.9 Å². The number of methoxy groups -OCH3 is 1. The van der Waals surface area contributed by atoms with E-state index >= 15 is 0 Å². The number of hydrogen-bond donors (Lipinski definition) is 0. The highest BCUT2D eigenvalue weighted by atomic mass is 127. The first kappa shape index (κ1) is 16.5. The summed E-state index contributed by atoms with van der Waals surface area (Å²) in [6.45, 7) is -0.214. The second-order valence-corrected chi connectivity index (χ2v) is 5.62. The van der Waals surface area contributed by atoms with Gasteiger partial charge in [-0.1, -0.05) is 0 Å². The van der Waals surface area contributed by atoms with E-state index in [0.29, 0.717) is 3.57 Å². The van der Waals surface area contributed by atoms with Crippen LogP contribution in [-0.2, 0) is 11.3 Å². The standard InChI is InChI=1S/C14H9F3INO3/c1-22-14(21)9-4-8(18)6-19(13(9)20)5-7-2-10(15)12(17)11(16)3-7/h2-4,6H,5H2,1H3. The third kappa shape index (κ3) is 3.32. The molecule has 0 amide bonds. The lowest BCUT2D eigenvalue weighted by atomic mass is 10.2. The van der Waals surface area contributed by atoms with E-state index in [-0.39, 0.29) is 17.7 Å². The molecule has 0 atom stereocenters. The first-order valence-corrected chi connectivity index (χ1v) is 7.03. The van der Waals surface area contributed by atoms with Crippen molar-refractivity contribution in [2.24, 2.45) is 0 Å². The van der Waals surface area contributed by atoms with Crippen LogP contribution < -0.4 is 5.56 Å². The zero-order valence-electron chi connectivity index (χ0n) is 11.2. The Morgan fingerprint density at radius 3 is 2.36 bits per heavy atom. The Balaban J connectivity index is 2.48. The highest BCUT2D eigenvalue weighted by molar-refractivity contribution is 14.1. The first-order valence-electron chi connectivity index (χ1n) is 5.95. The van der Waals surface area contributed by atoms with Crippen molar-refractivity contribution in [2.75, 3.05) is 7.11 Å². The molecule has 116 valence electrons. The van der Waals surface area contributed by atoms with E-state index < -0.39 is 29.0 Å². The van der Waals surface area contributed by atoms with Crippen molar-refractivity contribution in [2.45, 2.75) is 6.54 Å². The molecule has 0 spiro atoms. The number of benzene rings is 1. The van der Waals surface area contributed by atoms with Gasteiger partial charge in [0.2, 0.25) is 0 Å². The van der Waals surface area contributed by atoms with Gasteiger partial charge in [0.05, 0.1) is 13.7 Å². The van der Waals surface area contributed by atoms with Gasteiger partial charge in [-0.25, -0.2) is 18.0 Å². The monoisotopic (exact) mass is 423 g/mol. The van der Waals surface area contributed by atoms with Gasteiger partial charge in [-0.05, 0) is 46.4 Å². The molecule has 0 aliphatic carbocycles. The molecule has 1 aromatic carbocycles. The molecule has 0 fully saturated rings. The Morgan fingerprint density at radius 2 is 1.82 bits per heavy atom. The minimum Gasteiger partial charge on any atom is -0.465 e. The van der Waals surface area contributed by atoms with Gasteiger partial charge in [0, 0.05) is 9.77 Å². The minimum absolute atomic E-state index is 0.0521. The molecule has 0 saturated carbocycles. The van der Waals surface area contributed by atoms with E-state index in [4.69, 9.17) is 0 Å². The van der Waals surface area contributed by atoms with Crippen LogP contribution in [0.25, 0.3) is 0 Å². The average molecular weight is 423 g/mol. The zero-order chi connectivity index (χ0) is 16.4. The van der Waals surface area contributed by atoms with E-state index in [9.17, 15) is 22.8 Å². The molecule has 0 aliphatic heterocycles. The number of aromatic nitrogens is 1. The van der Waals surface area contributed by atoms with Gasteiger partial charge in [0.25, 0.3) is 5.56 Å². The van der Waals surface area contributed by atoms with E-state index in [1.165, 1.54) is 12.3 Å². The van der Waals surface area contributed by atoms with E-state index in [1.54, 1.807) is 0 Å². The summed E-state index contributed by atoms with van der Waals surface area (Å²) in [5.41, 5.74) is -0.814. The third-order valence-electron chi connectivity index (χ3n) is 2.85. The number of pyridine rings is 1. The SMILES string of the molecule is COC(=O)c1cc(I)cn(Cc2cc(F)c(F)c(F)c2)c1=O. The maximum absolute atomic E-state index is 13.2. The summed E-state index contributed by atoms with van der Waals surface area (Å²) in [4.78, 5) is 23.7. The van der Waals surface area contributed by atoms with Crippen LogP contribution in [0, 0.1) is 21.0 Å². The summed E-state index contributed by atoms with van der Waals surface area (Å²) < 4.78 is 45.5. The van der Waals surface area contributed by atoms with Crippen molar-refractivity contribution < 1.29 is 22.7 Å². The van der Waals surface area contributed by atoms with Crippen LogP contribution >= 0.6 is 22.6 Å². The number of rotatable bonds is 3. The van der Waals surface area contributed by atoms with Gasteiger partial charge in [-0.15, -0.1) is 0 Å². The largest absolute Gasteiger partial charge is 0.465 e. The van der Waals surface area contributed by atoms with Crippen molar-refractivity contribution in [1.82, 2.24) is 4.57 Å². The molecule has 0 unspecified atom stereocenters. The fourth-order valence-electron chi connectivity index (χ4n) is 1.87. The van der Waals surface area contributed by atoms with Crippen molar-refractivity contribution >= 4 is 28.6 Å². The molecular weight excluding hydrogens is 414 g/mol. The van der Waals surface area contributed by atoms with E-state index in [1.807, 2.05) is 22.6 Å². The molecule has 0 radical (unpaired) electrons. The summed E-state index contributed by atoms with van der Waals surface area (Å²) in [6, 6.07) is 2.93. The number of carbonyl (C=O) groups excluding carboxylic acids is 1. The number of ether oxygens (including phenoxy) is 1. The lowest BCUT2D eigenvalue weighted by Crippen LogP contribution is -2.27. The topological polar surface area (TPSA) is 48.3 Å². The Labute approximate surface area is 136 Å². The lowest BCUT2D eigenvalue weighted by Gasteiger charge is -2.09. The van der Waals surface area contributed by atoms with Crippen LogP contribution in [0.4, 0.5) is 13.2 Å². The van der Waals surface area contributed by atoms with Crippen LogP contribution in [0.2, 0.25) is 0 Å². The van der Waals surface area contributed by atoms with Gasteiger partial charge >= 0.3 is 5.97 Å². The number of hydrogen-bond acceptors (Lipinski definition) is 3. The molecule has 0 bridgehead atoms. The predicted octanol–water partition coefficient (Wildman–Crippen LogP) is 2.71. The summed E-state index contributed by atoms with van der Waals surface area (Å²) >= 11 is 1.88. The minimum atomic E-state index is -1.58. The van der Waals surface area contributed by atoms with Gasteiger partial charge < -0.3 is 9.30 Å². The quantitative estimate of drug-likeness (QED) is 0.434. The Bertz CT molecular complexity index is 781. The summed E-state index contributed by atoms with van der Waals surface area (Å²) in [5, 5.41) is 0. The highest BCUT2D eigenvalue weighted by Gasteiger charge is 2.16. The van der Waals surface area contributed by atoms with Crippen molar-refractivity contribution in [3.63, 3.8) is 0 Å². The summed E-state index contributed by atoms with van der Waals surface area (Å²) in [7, 11) is 1.14. The van der Waals surface area contributed by atoms with Crippen LogP contribution in [0.1, 0.15) is 15.9 Å². The lowest BCUT2D eigenvalue weighted by molar-refractivity contribution is 0.0598. The third-order valence-corrected chi connectivity index (χ3v) is 3.44. The van der Waals surface area contributed by atoms with E-state index in [0.717, 1.165) is 23.8 Å².